The summed E-state index contributed by atoms with van der Waals surface area (Å²) < 4.78 is 13.2. The van der Waals surface area contributed by atoms with Gasteiger partial charge < -0.3 is 30.1 Å². The van der Waals surface area contributed by atoms with Gasteiger partial charge in [0.25, 0.3) is 5.91 Å². The number of thiazole rings is 1. The summed E-state index contributed by atoms with van der Waals surface area (Å²) in [6.07, 6.45) is 4.77. The first-order chi connectivity index (χ1) is 28.7. The molecule has 4 heterocycles. The van der Waals surface area contributed by atoms with Crippen molar-refractivity contribution >= 4 is 52.0 Å². The van der Waals surface area contributed by atoms with E-state index in [0.717, 1.165) is 45.0 Å². The number of carbonyl (C=O) groups excluding carboxylic acids is 3. The summed E-state index contributed by atoms with van der Waals surface area (Å²) in [5.74, 6) is -0.698. The molecule has 0 bridgehead atoms. The Morgan fingerprint density at radius 2 is 1.77 bits per heavy atom. The second-order valence-electron chi connectivity index (χ2n) is 16.3. The lowest BCUT2D eigenvalue weighted by atomic mass is 9.79. The Hall–Kier alpha value is -4.70. The maximum absolute atomic E-state index is 13.7. The molecule has 4 atom stereocenters. The molecule has 2 aromatic carbocycles. The summed E-state index contributed by atoms with van der Waals surface area (Å²) in [7, 11) is 1.68. The number of nitrogens with zero attached hydrogens (tertiary/aromatic N) is 5. The third-order valence-electron chi connectivity index (χ3n) is 10.9. The number of likely N-dealkylation sites (N-methyl/N-ethyl adjacent to an activating group) is 1. The lowest BCUT2D eigenvalue weighted by Gasteiger charge is -2.43. The average Bonchev–Trinajstić information content (AvgIpc) is 3.97. The van der Waals surface area contributed by atoms with Crippen LogP contribution in [0, 0.1) is 12.3 Å². The highest BCUT2D eigenvalue weighted by atomic mass is 35.5. The predicted molar refractivity (Wildman–Crippen MR) is 236 cm³/mol. The number of hydrogen-bond donors (Lipinski definition) is 3. The quantitative estimate of drug-likeness (QED) is 0.0836. The number of ether oxygens (including phenoxy) is 2. The van der Waals surface area contributed by atoms with Gasteiger partial charge in [0.15, 0.2) is 0 Å². The highest BCUT2D eigenvalue weighted by Gasteiger charge is 2.45. The number of aromatic nitrogens is 3. The normalized spacial score (nSPS) is 16.8. The second-order valence-corrected chi connectivity index (χ2v) is 17.6. The smallest absolute Gasteiger partial charge is 0.252 e. The number of pyridine rings is 1. The van der Waals surface area contributed by atoms with Crippen LogP contribution in [-0.4, -0.2) is 106 Å². The van der Waals surface area contributed by atoms with Gasteiger partial charge in [0, 0.05) is 49.0 Å². The molecule has 1 saturated heterocycles. The van der Waals surface area contributed by atoms with Gasteiger partial charge >= 0.3 is 0 Å². The predicted octanol–water partition coefficient (Wildman–Crippen LogP) is 6.53. The third kappa shape index (κ3) is 11.0. The van der Waals surface area contributed by atoms with Crippen molar-refractivity contribution in [3.8, 4) is 21.7 Å². The number of nitrogens with one attached hydrogen (secondary N) is 2. The number of aliphatic hydroxyl groups is 1. The number of imidazole rings is 1. The van der Waals surface area contributed by atoms with Crippen molar-refractivity contribution in [2.75, 3.05) is 44.9 Å². The molecule has 3 N–H and O–H groups in total. The van der Waals surface area contributed by atoms with E-state index in [-0.39, 0.29) is 61.6 Å². The summed E-state index contributed by atoms with van der Waals surface area (Å²) >= 11 is 8.05. The number of aliphatic hydroxyl groups excluding tert-OH is 1. The molecule has 15 heteroatoms. The first-order valence-corrected chi connectivity index (χ1v) is 21.6. The average molecular weight is 859 g/mol. The van der Waals surface area contributed by atoms with Gasteiger partial charge in [-0.2, -0.15) is 0 Å². The molecule has 60 heavy (non-hydrogen) atoms. The van der Waals surface area contributed by atoms with Gasteiger partial charge in [0.2, 0.25) is 11.8 Å². The number of fused-ring (bicyclic) bond motifs is 1. The van der Waals surface area contributed by atoms with Gasteiger partial charge in [-0.1, -0.05) is 88.2 Å². The Morgan fingerprint density at radius 1 is 1.03 bits per heavy atom. The van der Waals surface area contributed by atoms with Crippen molar-refractivity contribution in [2.45, 2.75) is 84.7 Å². The molecule has 320 valence electrons. The summed E-state index contributed by atoms with van der Waals surface area (Å²) in [5, 5.41) is 17.8. The van der Waals surface area contributed by atoms with E-state index in [1.807, 2.05) is 83.7 Å². The lowest BCUT2D eigenvalue weighted by Crippen LogP contribution is -2.60. The van der Waals surface area contributed by atoms with Gasteiger partial charge in [0.1, 0.15) is 18.9 Å². The molecule has 6 rings (SSSR count). The standard InChI is InChI=1S/C45H56ClN7O6S/c1-7-10-36(52-25-33(54)21-37(52)44(57)48-22-30-13-15-31(16-14-30)42-29(2)49-28-60-42)43(45(3,4)5)50-40(55)26-58-19-20-59-27-41(56)51(6)32-17-18-39-47-23-38(53(39)24-32)34-11-8-9-12-35(34)46/h8-9,11-18,23-24,28,33,36-37,43,54H,7,10,19-22,25-27H2,1-6H3,(H,48,57)(H,50,55)/t33-,36?,37+,43-/m1/s1. The van der Waals surface area contributed by atoms with E-state index in [2.05, 4.69) is 53.2 Å². The second kappa shape index (κ2) is 20.2. The van der Waals surface area contributed by atoms with Crippen LogP contribution < -0.4 is 15.5 Å². The monoisotopic (exact) mass is 857 g/mol. The number of likely N-dealkylation sites (tertiary alicyclic amines) is 1. The summed E-state index contributed by atoms with van der Waals surface area (Å²) in [6, 6.07) is 18.2. The van der Waals surface area contributed by atoms with Crippen LogP contribution in [0.15, 0.2) is 78.6 Å². The molecule has 3 amide bonds. The minimum atomic E-state index is -0.666. The van der Waals surface area contributed by atoms with E-state index >= 15 is 0 Å². The number of hydrogen-bond acceptors (Lipinski definition) is 10. The van der Waals surface area contributed by atoms with Crippen molar-refractivity contribution in [2.24, 2.45) is 5.41 Å². The number of β-amino-alcohol motifs (C(OH)–C–C–N with tert-alkyl or cyclic N) is 1. The molecule has 3 aromatic heterocycles. The molecule has 0 saturated carbocycles. The summed E-state index contributed by atoms with van der Waals surface area (Å²) in [5.41, 5.74) is 7.54. The molecule has 0 aliphatic carbocycles. The zero-order chi connectivity index (χ0) is 43.0. The number of anilines is 1. The summed E-state index contributed by atoms with van der Waals surface area (Å²) in [4.78, 5) is 53.7. The maximum Gasteiger partial charge on any atom is 0.252 e. The maximum atomic E-state index is 13.7. The van der Waals surface area contributed by atoms with Gasteiger partial charge in [-0.25, -0.2) is 9.97 Å². The first kappa shape index (κ1) is 44.8. The lowest BCUT2D eigenvalue weighted by molar-refractivity contribution is -0.130. The van der Waals surface area contributed by atoms with Gasteiger partial charge in [-0.3, -0.25) is 23.7 Å². The van der Waals surface area contributed by atoms with E-state index in [4.69, 9.17) is 21.1 Å². The molecule has 1 unspecified atom stereocenters. The Kier molecular flexibility index (Phi) is 15.1. The van der Waals surface area contributed by atoms with Crippen LogP contribution in [0.3, 0.4) is 0 Å². The topological polar surface area (TPSA) is 151 Å². The van der Waals surface area contributed by atoms with Crippen molar-refractivity contribution in [3.05, 3.63) is 94.8 Å². The van der Waals surface area contributed by atoms with Crippen molar-refractivity contribution in [1.29, 1.82) is 0 Å². The zero-order valence-corrected chi connectivity index (χ0v) is 36.8. The zero-order valence-electron chi connectivity index (χ0n) is 35.2. The SMILES string of the molecule is CCCC([C@@H](NC(=O)COCCOCC(=O)N(C)c1ccc2ncc(-c3ccccc3Cl)n2c1)C(C)(C)C)N1C[C@H](O)C[C@H]1C(=O)NCc1ccc(-c2scnc2C)cc1. The molecule has 13 nitrogen and oxygen atoms in total. The van der Waals surface area contributed by atoms with E-state index in [1.54, 1.807) is 24.6 Å². The molecule has 1 aliphatic heterocycles. The largest absolute Gasteiger partial charge is 0.392 e. The number of amides is 3. The number of aryl methyl sites for hydroxylation is 1. The van der Waals surface area contributed by atoms with Gasteiger partial charge in [0.05, 0.1) is 59.0 Å². The van der Waals surface area contributed by atoms with E-state index in [1.165, 1.54) is 4.90 Å². The number of rotatable bonds is 18. The molecular formula is C45H56ClN7O6S. The third-order valence-corrected chi connectivity index (χ3v) is 12.2. The van der Waals surface area contributed by atoms with Crippen LogP contribution in [0.4, 0.5) is 5.69 Å². The Balaban J connectivity index is 0.982. The Bertz CT molecular complexity index is 2240. The van der Waals surface area contributed by atoms with E-state index in [9.17, 15) is 19.5 Å². The minimum absolute atomic E-state index is 0.110. The Labute approximate surface area is 361 Å². The molecule has 0 radical (unpaired) electrons. The van der Waals surface area contributed by atoms with Crippen molar-refractivity contribution in [3.63, 3.8) is 0 Å². The van der Waals surface area contributed by atoms with Crippen molar-refractivity contribution < 1.29 is 29.0 Å². The molecule has 0 spiro atoms. The van der Waals surface area contributed by atoms with Gasteiger partial charge in [-0.15, -0.1) is 11.3 Å². The van der Waals surface area contributed by atoms with Gasteiger partial charge in [-0.05, 0) is 54.5 Å². The fourth-order valence-electron chi connectivity index (χ4n) is 7.77. The van der Waals surface area contributed by atoms with Crippen LogP contribution in [0.25, 0.3) is 27.3 Å². The van der Waals surface area contributed by atoms with Crippen LogP contribution in [0.5, 0.6) is 0 Å². The van der Waals surface area contributed by atoms with Crippen LogP contribution in [0.1, 0.15) is 58.2 Å². The molecule has 1 fully saturated rings. The fourth-order valence-corrected chi connectivity index (χ4v) is 8.81. The highest BCUT2D eigenvalue weighted by molar-refractivity contribution is 7.13. The van der Waals surface area contributed by atoms with Crippen LogP contribution >= 0.6 is 22.9 Å². The first-order valence-electron chi connectivity index (χ1n) is 20.4. The number of halogens is 1. The van der Waals surface area contributed by atoms with E-state index in [0.29, 0.717) is 36.6 Å². The molecule has 1 aliphatic rings. The molecule has 5 aromatic rings. The number of benzene rings is 2. The highest BCUT2D eigenvalue weighted by Crippen LogP contribution is 2.33. The van der Waals surface area contributed by atoms with Crippen LogP contribution in [-0.2, 0) is 30.4 Å². The molecular weight excluding hydrogens is 802 g/mol. The van der Waals surface area contributed by atoms with Crippen LogP contribution in [0.2, 0.25) is 5.02 Å². The van der Waals surface area contributed by atoms with Crippen molar-refractivity contribution in [1.82, 2.24) is 29.9 Å². The fraction of sp³-hybridized carbons (Fsp3) is 0.444. The van der Waals surface area contributed by atoms with E-state index < -0.39 is 12.1 Å². The number of carbonyl (C=O) groups is 3. The Morgan fingerprint density at radius 3 is 2.45 bits per heavy atom. The summed E-state index contributed by atoms with van der Waals surface area (Å²) in [6.45, 7) is 10.8. The minimum Gasteiger partial charge on any atom is -0.392 e.